The topological polar surface area (TPSA) is 52.7 Å². The van der Waals surface area contributed by atoms with Crippen molar-refractivity contribution in [2.24, 2.45) is 17.8 Å². The molecular formula is C17H33N3O2. The van der Waals surface area contributed by atoms with E-state index in [1.54, 1.807) is 0 Å². The van der Waals surface area contributed by atoms with Crippen LogP contribution in [0.2, 0.25) is 0 Å². The van der Waals surface area contributed by atoms with Crippen LogP contribution in [0.1, 0.15) is 40.5 Å². The Labute approximate surface area is 135 Å². The minimum absolute atomic E-state index is 0.000809. The average molecular weight is 311 g/mol. The summed E-state index contributed by atoms with van der Waals surface area (Å²) in [6.07, 6.45) is 1.79. The van der Waals surface area contributed by atoms with Gasteiger partial charge in [0.05, 0.1) is 5.92 Å². The first-order valence-electron chi connectivity index (χ1n) is 8.47. The van der Waals surface area contributed by atoms with Crippen LogP contribution in [0.25, 0.3) is 0 Å². The normalized spacial score (nSPS) is 20.6. The van der Waals surface area contributed by atoms with Gasteiger partial charge in [-0.05, 0) is 32.9 Å². The van der Waals surface area contributed by atoms with Crippen molar-refractivity contribution >= 4 is 11.8 Å². The van der Waals surface area contributed by atoms with Crippen molar-refractivity contribution < 1.29 is 9.59 Å². The Kier molecular flexibility index (Phi) is 7.33. The monoisotopic (exact) mass is 311 g/mol. The average Bonchev–Trinajstić information content (AvgIpc) is 2.45. The number of rotatable bonds is 6. The van der Waals surface area contributed by atoms with Gasteiger partial charge in [-0.3, -0.25) is 9.59 Å². The molecule has 1 saturated heterocycles. The summed E-state index contributed by atoms with van der Waals surface area (Å²) in [6.45, 7) is 10.2. The third-order valence-electron chi connectivity index (χ3n) is 4.52. The fourth-order valence-corrected chi connectivity index (χ4v) is 3.12. The van der Waals surface area contributed by atoms with Crippen LogP contribution in [0.3, 0.4) is 0 Å². The predicted octanol–water partition coefficient (Wildman–Crippen LogP) is 1.58. The van der Waals surface area contributed by atoms with E-state index in [4.69, 9.17) is 0 Å². The van der Waals surface area contributed by atoms with Gasteiger partial charge < -0.3 is 15.1 Å². The quantitative estimate of drug-likeness (QED) is 0.810. The lowest BCUT2D eigenvalue weighted by atomic mass is 9.95. The van der Waals surface area contributed by atoms with Gasteiger partial charge in [0.2, 0.25) is 11.8 Å². The maximum atomic E-state index is 12.4. The lowest BCUT2D eigenvalue weighted by Gasteiger charge is -2.34. The molecular weight excluding hydrogens is 278 g/mol. The highest BCUT2D eigenvalue weighted by atomic mass is 16.2. The van der Waals surface area contributed by atoms with Crippen molar-refractivity contribution in [3.05, 3.63) is 0 Å². The van der Waals surface area contributed by atoms with Gasteiger partial charge in [0.1, 0.15) is 0 Å². The Morgan fingerprint density at radius 2 is 1.86 bits per heavy atom. The first kappa shape index (κ1) is 18.9. The zero-order valence-electron chi connectivity index (χ0n) is 15.1. The number of hydrogen-bond donors (Lipinski definition) is 1. The molecule has 0 aromatic heterocycles. The molecule has 0 radical (unpaired) electrons. The summed E-state index contributed by atoms with van der Waals surface area (Å²) in [5.41, 5.74) is 0. The molecule has 0 saturated carbocycles. The molecule has 2 amide bonds. The molecule has 1 aliphatic heterocycles. The largest absolute Gasteiger partial charge is 0.354 e. The Balaban J connectivity index is 2.53. The van der Waals surface area contributed by atoms with Crippen LogP contribution in [0.15, 0.2) is 0 Å². The second kappa shape index (κ2) is 8.51. The molecule has 0 aromatic carbocycles. The molecule has 0 bridgehead atoms. The maximum absolute atomic E-state index is 12.4. The van der Waals surface area contributed by atoms with E-state index < -0.39 is 0 Å². The van der Waals surface area contributed by atoms with E-state index in [2.05, 4.69) is 24.1 Å². The molecule has 1 N–H and O–H groups in total. The van der Waals surface area contributed by atoms with Gasteiger partial charge in [-0.2, -0.15) is 0 Å². The zero-order valence-corrected chi connectivity index (χ0v) is 15.1. The van der Waals surface area contributed by atoms with Crippen LogP contribution >= 0.6 is 0 Å². The van der Waals surface area contributed by atoms with Gasteiger partial charge in [-0.1, -0.05) is 27.7 Å². The van der Waals surface area contributed by atoms with Gasteiger partial charge in [0.25, 0.3) is 0 Å². The number of piperidine rings is 1. The number of hydrogen-bond acceptors (Lipinski definition) is 3. The van der Waals surface area contributed by atoms with E-state index >= 15 is 0 Å². The highest BCUT2D eigenvalue weighted by molar-refractivity contribution is 5.82. The van der Waals surface area contributed by atoms with Gasteiger partial charge >= 0.3 is 0 Å². The maximum Gasteiger partial charge on any atom is 0.225 e. The molecule has 1 rings (SSSR count). The van der Waals surface area contributed by atoms with Crippen LogP contribution < -0.4 is 5.32 Å². The first-order chi connectivity index (χ1) is 10.2. The van der Waals surface area contributed by atoms with Crippen molar-refractivity contribution in [1.29, 1.82) is 0 Å². The molecule has 128 valence electrons. The summed E-state index contributed by atoms with van der Waals surface area (Å²) in [7, 11) is 4.08. The number of nitrogens with zero attached hydrogens (tertiary/aromatic N) is 2. The minimum Gasteiger partial charge on any atom is -0.354 e. The van der Waals surface area contributed by atoms with Crippen LogP contribution in [0.5, 0.6) is 0 Å². The SMILES string of the molecule is CC(C)C(=O)N1CCCC(C(=O)NCC(C(C)C)N(C)C)C1. The molecule has 2 atom stereocenters. The van der Waals surface area contributed by atoms with Crippen molar-refractivity contribution in [3.8, 4) is 0 Å². The highest BCUT2D eigenvalue weighted by Gasteiger charge is 2.29. The van der Waals surface area contributed by atoms with E-state index in [0.717, 1.165) is 19.4 Å². The summed E-state index contributed by atoms with van der Waals surface area (Å²) >= 11 is 0. The Hall–Kier alpha value is -1.10. The highest BCUT2D eigenvalue weighted by Crippen LogP contribution is 2.18. The Morgan fingerprint density at radius 1 is 1.23 bits per heavy atom. The fraction of sp³-hybridized carbons (Fsp3) is 0.882. The number of likely N-dealkylation sites (tertiary alicyclic amines) is 1. The van der Waals surface area contributed by atoms with Gasteiger partial charge in [0.15, 0.2) is 0 Å². The predicted molar refractivity (Wildman–Crippen MR) is 89.5 cm³/mol. The molecule has 5 heteroatoms. The first-order valence-corrected chi connectivity index (χ1v) is 8.47. The standard InChI is InChI=1S/C17H33N3O2/c1-12(2)15(19(5)6)10-18-16(21)14-8-7-9-20(11-14)17(22)13(3)4/h12-15H,7-11H2,1-6H3,(H,18,21). The van der Waals surface area contributed by atoms with E-state index in [-0.39, 0.29) is 23.7 Å². The molecule has 2 unspecified atom stereocenters. The molecule has 0 spiro atoms. The number of nitrogens with one attached hydrogen (secondary N) is 1. The number of carbonyl (C=O) groups excluding carboxylic acids is 2. The molecule has 1 aliphatic rings. The number of amides is 2. The van der Waals surface area contributed by atoms with Crippen molar-refractivity contribution in [2.45, 2.75) is 46.6 Å². The van der Waals surface area contributed by atoms with Crippen LogP contribution in [0.4, 0.5) is 0 Å². The van der Waals surface area contributed by atoms with Crippen molar-refractivity contribution in [3.63, 3.8) is 0 Å². The fourth-order valence-electron chi connectivity index (χ4n) is 3.12. The molecule has 5 nitrogen and oxygen atoms in total. The molecule has 0 aromatic rings. The lowest BCUT2D eigenvalue weighted by Crippen LogP contribution is -2.49. The van der Waals surface area contributed by atoms with Gasteiger partial charge in [0, 0.05) is 31.6 Å². The number of likely N-dealkylation sites (N-methyl/N-ethyl adjacent to an activating group) is 1. The molecule has 22 heavy (non-hydrogen) atoms. The van der Waals surface area contributed by atoms with Crippen molar-refractivity contribution in [1.82, 2.24) is 15.1 Å². The second-order valence-electron chi connectivity index (χ2n) is 7.30. The smallest absolute Gasteiger partial charge is 0.225 e. The summed E-state index contributed by atoms with van der Waals surface area (Å²) in [5, 5.41) is 3.09. The molecule has 1 fully saturated rings. The minimum atomic E-state index is -0.0635. The van der Waals surface area contributed by atoms with Crippen LogP contribution in [0, 0.1) is 17.8 Å². The second-order valence-corrected chi connectivity index (χ2v) is 7.30. The van der Waals surface area contributed by atoms with Gasteiger partial charge in [-0.25, -0.2) is 0 Å². The molecule has 0 aliphatic carbocycles. The van der Waals surface area contributed by atoms with Gasteiger partial charge in [-0.15, -0.1) is 0 Å². The van der Waals surface area contributed by atoms with E-state index in [0.29, 0.717) is 25.0 Å². The summed E-state index contributed by atoms with van der Waals surface area (Å²) < 4.78 is 0. The zero-order chi connectivity index (χ0) is 16.9. The molecule has 1 heterocycles. The van der Waals surface area contributed by atoms with E-state index in [9.17, 15) is 9.59 Å². The lowest BCUT2D eigenvalue weighted by molar-refractivity contribution is -0.138. The van der Waals surface area contributed by atoms with Crippen molar-refractivity contribution in [2.75, 3.05) is 33.7 Å². The summed E-state index contributed by atoms with van der Waals surface area (Å²) in [6, 6.07) is 0.334. The summed E-state index contributed by atoms with van der Waals surface area (Å²) in [5.74, 6) is 0.674. The Bertz CT molecular complexity index is 372. The third-order valence-corrected chi connectivity index (χ3v) is 4.52. The Morgan fingerprint density at radius 3 is 2.36 bits per heavy atom. The van der Waals surface area contributed by atoms with E-state index in [1.165, 1.54) is 0 Å². The summed E-state index contributed by atoms with van der Waals surface area (Å²) in [4.78, 5) is 28.5. The van der Waals surface area contributed by atoms with Crippen LogP contribution in [-0.4, -0.2) is 61.4 Å². The number of carbonyl (C=O) groups is 2. The third kappa shape index (κ3) is 5.27. The van der Waals surface area contributed by atoms with Crippen LogP contribution in [-0.2, 0) is 9.59 Å². The van der Waals surface area contributed by atoms with E-state index in [1.807, 2.05) is 32.8 Å².